The third-order valence-electron chi connectivity index (χ3n) is 3.54. The number of aryl methyl sites for hydroxylation is 2. The summed E-state index contributed by atoms with van der Waals surface area (Å²) in [6, 6.07) is 0. The first kappa shape index (κ1) is 10.5. The second-order valence-corrected chi connectivity index (χ2v) is 4.82. The Hall–Kier alpha value is -1.64. The van der Waals surface area contributed by atoms with Gasteiger partial charge in [-0.3, -0.25) is 0 Å². The van der Waals surface area contributed by atoms with Crippen LogP contribution >= 0.6 is 0 Å². The molecule has 17 heavy (non-hydrogen) atoms. The topological polar surface area (TPSA) is 30.7 Å². The Morgan fingerprint density at radius 1 is 1.24 bits per heavy atom. The Bertz CT molecular complexity index is 593. The Balaban J connectivity index is 2.25. The van der Waals surface area contributed by atoms with E-state index in [4.69, 9.17) is 0 Å². The molecule has 3 nitrogen and oxygen atoms in total. The van der Waals surface area contributed by atoms with Gasteiger partial charge in [0.05, 0.1) is 5.69 Å². The zero-order valence-corrected chi connectivity index (χ0v) is 10.4. The SMILES string of the molecule is Cc1cn(C)c2ncnc(C3=CCCCC3)c12. The molecule has 0 amide bonds. The smallest absolute Gasteiger partial charge is 0.143 e. The molecule has 2 aromatic heterocycles. The molecule has 0 atom stereocenters. The summed E-state index contributed by atoms with van der Waals surface area (Å²) < 4.78 is 2.08. The minimum Gasteiger partial charge on any atom is -0.335 e. The number of rotatable bonds is 1. The lowest BCUT2D eigenvalue weighted by Crippen LogP contribution is -1.98. The van der Waals surface area contributed by atoms with E-state index in [2.05, 4.69) is 33.7 Å². The summed E-state index contributed by atoms with van der Waals surface area (Å²) in [6.07, 6.45) is 11.1. The van der Waals surface area contributed by atoms with Gasteiger partial charge in [0.25, 0.3) is 0 Å². The molecule has 1 aliphatic rings. The van der Waals surface area contributed by atoms with Crippen LogP contribution < -0.4 is 0 Å². The van der Waals surface area contributed by atoms with Crippen LogP contribution in [0.3, 0.4) is 0 Å². The average molecular weight is 227 g/mol. The van der Waals surface area contributed by atoms with E-state index < -0.39 is 0 Å². The van der Waals surface area contributed by atoms with Crippen molar-refractivity contribution in [2.45, 2.75) is 32.6 Å². The van der Waals surface area contributed by atoms with Crippen LogP contribution in [0.15, 0.2) is 18.6 Å². The minimum absolute atomic E-state index is 1.04. The van der Waals surface area contributed by atoms with E-state index in [1.807, 2.05) is 7.05 Å². The van der Waals surface area contributed by atoms with Gasteiger partial charge in [0.15, 0.2) is 0 Å². The molecule has 2 heterocycles. The van der Waals surface area contributed by atoms with Gasteiger partial charge < -0.3 is 4.57 Å². The van der Waals surface area contributed by atoms with Gasteiger partial charge in [-0.1, -0.05) is 6.08 Å². The van der Waals surface area contributed by atoms with Gasteiger partial charge in [0.1, 0.15) is 12.0 Å². The van der Waals surface area contributed by atoms with Gasteiger partial charge in [0.2, 0.25) is 0 Å². The van der Waals surface area contributed by atoms with Crippen molar-refractivity contribution in [1.82, 2.24) is 14.5 Å². The molecule has 3 rings (SSSR count). The highest BCUT2D eigenvalue weighted by Gasteiger charge is 2.15. The molecule has 0 N–H and O–H groups in total. The van der Waals surface area contributed by atoms with Crippen LogP contribution in [0.2, 0.25) is 0 Å². The van der Waals surface area contributed by atoms with E-state index in [0.717, 1.165) is 17.8 Å². The first-order valence-corrected chi connectivity index (χ1v) is 6.23. The molecule has 88 valence electrons. The molecule has 0 spiro atoms. The van der Waals surface area contributed by atoms with Crippen molar-refractivity contribution in [3.8, 4) is 0 Å². The van der Waals surface area contributed by atoms with Crippen LogP contribution in [0.5, 0.6) is 0 Å². The lowest BCUT2D eigenvalue weighted by molar-refractivity contribution is 0.740. The van der Waals surface area contributed by atoms with Crippen molar-refractivity contribution in [3.05, 3.63) is 29.9 Å². The van der Waals surface area contributed by atoms with Crippen molar-refractivity contribution in [2.24, 2.45) is 7.05 Å². The number of allylic oxidation sites excluding steroid dienone is 2. The van der Waals surface area contributed by atoms with Gasteiger partial charge >= 0.3 is 0 Å². The molecule has 0 aromatic carbocycles. The molecule has 0 saturated carbocycles. The number of aromatic nitrogens is 3. The molecule has 0 saturated heterocycles. The van der Waals surface area contributed by atoms with Crippen LogP contribution in [0.25, 0.3) is 16.6 Å². The maximum Gasteiger partial charge on any atom is 0.143 e. The first-order chi connectivity index (χ1) is 8.27. The summed E-state index contributed by atoms with van der Waals surface area (Å²) in [5, 5.41) is 1.23. The van der Waals surface area contributed by atoms with Crippen LogP contribution in [0, 0.1) is 6.92 Å². The predicted molar refractivity (Wildman–Crippen MR) is 69.7 cm³/mol. The molecular formula is C14H17N3. The fourth-order valence-corrected chi connectivity index (χ4v) is 2.72. The van der Waals surface area contributed by atoms with Gasteiger partial charge in [-0.05, 0) is 43.7 Å². The van der Waals surface area contributed by atoms with Gasteiger partial charge in [-0.2, -0.15) is 0 Å². The Morgan fingerprint density at radius 2 is 2.12 bits per heavy atom. The van der Waals surface area contributed by atoms with E-state index in [9.17, 15) is 0 Å². The lowest BCUT2D eigenvalue weighted by Gasteiger charge is -2.13. The third kappa shape index (κ3) is 1.66. The minimum atomic E-state index is 1.04. The lowest BCUT2D eigenvalue weighted by atomic mass is 9.95. The van der Waals surface area contributed by atoms with E-state index in [1.165, 1.54) is 35.8 Å². The molecular weight excluding hydrogens is 210 g/mol. The summed E-state index contributed by atoms with van der Waals surface area (Å²) in [6.45, 7) is 2.14. The Morgan fingerprint density at radius 3 is 2.88 bits per heavy atom. The standard InChI is InChI=1S/C14H17N3/c1-10-8-17(2)14-12(10)13(15-9-16-14)11-6-4-3-5-7-11/h6,8-9H,3-5,7H2,1-2H3. The highest BCUT2D eigenvalue weighted by Crippen LogP contribution is 2.31. The molecule has 1 aliphatic carbocycles. The molecule has 3 heteroatoms. The second kappa shape index (κ2) is 3.99. The molecule has 0 unspecified atom stereocenters. The summed E-state index contributed by atoms with van der Waals surface area (Å²) in [7, 11) is 2.04. The zero-order valence-electron chi connectivity index (χ0n) is 10.4. The second-order valence-electron chi connectivity index (χ2n) is 4.82. The van der Waals surface area contributed by atoms with Crippen molar-refractivity contribution in [1.29, 1.82) is 0 Å². The quantitative estimate of drug-likeness (QED) is 0.748. The van der Waals surface area contributed by atoms with Gasteiger partial charge in [-0.25, -0.2) is 9.97 Å². The first-order valence-electron chi connectivity index (χ1n) is 6.23. The van der Waals surface area contributed by atoms with Crippen molar-refractivity contribution < 1.29 is 0 Å². The van der Waals surface area contributed by atoms with Crippen molar-refractivity contribution in [2.75, 3.05) is 0 Å². The molecule has 2 aromatic rings. The molecule has 0 radical (unpaired) electrons. The van der Waals surface area contributed by atoms with Crippen molar-refractivity contribution in [3.63, 3.8) is 0 Å². The summed E-state index contributed by atoms with van der Waals surface area (Å²) >= 11 is 0. The zero-order chi connectivity index (χ0) is 11.8. The molecule has 0 fully saturated rings. The monoisotopic (exact) mass is 227 g/mol. The van der Waals surface area contributed by atoms with E-state index in [0.29, 0.717) is 0 Å². The van der Waals surface area contributed by atoms with Crippen molar-refractivity contribution >= 4 is 16.6 Å². The fourth-order valence-electron chi connectivity index (χ4n) is 2.72. The summed E-state index contributed by atoms with van der Waals surface area (Å²) in [4.78, 5) is 8.89. The summed E-state index contributed by atoms with van der Waals surface area (Å²) in [5.74, 6) is 0. The Labute approximate surface area is 101 Å². The van der Waals surface area contributed by atoms with Gasteiger partial charge in [0, 0.05) is 18.6 Å². The van der Waals surface area contributed by atoms with Gasteiger partial charge in [-0.15, -0.1) is 0 Å². The molecule has 0 aliphatic heterocycles. The van der Waals surface area contributed by atoms with Crippen LogP contribution in [0.1, 0.15) is 36.9 Å². The highest BCUT2D eigenvalue weighted by atomic mass is 15.0. The molecule has 0 bridgehead atoms. The highest BCUT2D eigenvalue weighted by molar-refractivity contribution is 5.91. The fraction of sp³-hybridized carbons (Fsp3) is 0.429. The Kier molecular flexibility index (Phi) is 2.46. The average Bonchev–Trinajstić information content (AvgIpc) is 2.66. The van der Waals surface area contributed by atoms with Crippen LogP contribution in [-0.4, -0.2) is 14.5 Å². The van der Waals surface area contributed by atoms with E-state index in [-0.39, 0.29) is 0 Å². The van der Waals surface area contributed by atoms with Crippen LogP contribution in [-0.2, 0) is 7.05 Å². The number of fused-ring (bicyclic) bond motifs is 1. The maximum atomic E-state index is 4.51. The van der Waals surface area contributed by atoms with Crippen LogP contribution in [0.4, 0.5) is 0 Å². The van der Waals surface area contributed by atoms with E-state index >= 15 is 0 Å². The largest absolute Gasteiger partial charge is 0.335 e. The predicted octanol–water partition coefficient (Wildman–Crippen LogP) is 3.23. The number of hydrogen-bond acceptors (Lipinski definition) is 2. The summed E-state index contributed by atoms with van der Waals surface area (Å²) in [5.41, 5.74) is 4.86. The third-order valence-corrected chi connectivity index (χ3v) is 3.54. The number of nitrogens with zero attached hydrogens (tertiary/aromatic N) is 3. The normalized spacial score (nSPS) is 16.2. The number of hydrogen-bond donors (Lipinski definition) is 0. The van der Waals surface area contributed by atoms with E-state index in [1.54, 1.807) is 6.33 Å². The maximum absolute atomic E-state index is 4.51.